The van der Waals surface area contributed by atoms with Crippen molar-refractivity contribution in [3.8, 4) is 11.3 Å². The number of furan rings is 1. The van der Waals surface area contributed by atoms with Gasteiger partial charge in [-0.25, -0.2) is 18.4 Å². The van der Waals surface area contributed by atoms with Crippen LogP contribution in [0.25, 0.3) is 11.3 Å². The summed E-state index contributed by atoms with van der Waals surface area (Å²) in [7, 11) is -2.31. The molecule has 152 valence electrons. The minimum Gasteiger partial charge on any atom is -0.465 e. The Morgan fingerprint density at radius 1 is 1.03 bits per heavy atom. The van der Waals surface area contributed by atoms with Crippen LogP contribution in [0.15, 0.2) is 70.0 Å². The molecule has 0 saturated carbocycles. The molecule has 0 aliphatic carbocycles. The van der Waals surface area contributed by atoms with Gasteiger partial charge in [-0.2, -0.15) is 0 Å². The van der Waals surface area contributed by atoms with E-state index < -0.39 is 10.0 Å². The molecule has 1 heterocycles. The minimum absolute atomic E-state index is 0.108. The Labute approximate surface area is 169 Å². The number of esters is 1. The van der Waals surface area contributed by atoms with Gasteiger partial charge in [0.2, 0.25) is 10.0 Å². The Hall–Kier alpha value is -2.94. The van der Waals surface area contributed by atoms with E-state index in [4.69, 9.17) is 14.3 Å². The number of nitrogens with two attached hydrogens (primary N) is 1. The minimum atomic E-state index is -3.66. The zero-order chi connectivity index (χ0) is 20.9. The summed E-state index contributed by atoms with van der Waals surface area (Å²) in [5.41, 5.74) is 2.37. The first kappa shape index (κ1) is 20.8. The topological polar surface area (TPSA) is 112 Å². The van der Waals surface area contributed by atoms with E-state index >= 15 is 0 Å². The Morgan fingerprint density at radius 2 is 1.72 bits per heavy atom. The zero-order valence-corrected chi connectivity index (χ0v) is 16.7. The molecular weight excluding hydrogens is 392 g/mol. The van der Waals surface area contributed by atoms with Gasteiger partial charge in [-0.3, -0.25) is 0 Å². The fraction of sp³-hybridized carbons (Fsp3) is 0.190. The van der Waals surface area contributed by atoms with E-state index in [2.05, 4.69) is 5.32 Å². The highest BCUT2D eigenvalue weighted by atomic mass is 32.2. The van der Waals surface area contributed by atoms with Crippen LogP contribution in [-0.2, 0) is 27.7 Å². The summed E-state index contributed by atoms with van der Waals surface area (Å²) >= 11 is 0. The van der Waals surface area contributed by atoms with Gasteiger partial charge in [0.1, 0.15) is 11.5 Å². The van der Waals surface area contributed by atoms with E-state index in [1.54, 1.807) is 24.3 Å². The third-order valence-electron chi connectivity index (χ3n) is 4.39. The highest BCUT2D eigenvalue weighted by Crippen LogP contribution is 2.22. The summed E-state index contributed by atoms with van der Waals surface area (Å²) in [5.74, 6) is 1.14. The Morgan fingerprint density at radius 3 is 2.34 bits per heavy atom. The van der Waals surface area contributed by atoms with Crippen molar-refractivity contribution < 1.29 is 22.4 Å². The van der Waals surface area contributed by atoms with Crippen LogP contribution in [0.5, 0.6) is 0 Å². The SMILES string of the molecule is COC(=O)c1ccc(-c2ccc(CNCCc3ccc(S(N)(=O)=O)cc3)o2)cc1. The molecule has 2 aromatic carbocycles. The number of hydrogen-bond acceptors (Lipinski definition) is 6. The number of hydrogen-bond donors (Lipinski definition) is 2. The van der Waals surface area contributed by atoms with Crippen LogP contribution < -0.4 is 10.5 Å². The number of rotatable bonds is 8. The molecule has 0 saturated heterocycles. The zero-order valence-electron chi connectivity index (χ0n) is 15.9. The van der Waals surface area contributed by atoms with Gasteiger partial charge in [-0.05, 0) is 54.9 Å². The summed E-state index contributed by atoms with van der Waals surface area (Å²) in [6.07, 6.45) is 0.744. The molecule has 0 spiro atoms. The number of carbonyl (C=O) groups is 1. The van der Waals surface area contributed by atoms with E-state index in [0.29, 0.717) is 18.7 Å². The molecule has 3 rings (SSSR count). The maximum absolute atomic E-state index is 11.5. The lowest BCUT2D eigenvalue weighted by molar-refractivity contribution is 0.0600. The van der Waals surface area contributed by atoms with Crippen molar-refractivity contribution in [3.63, 3.8) is 0 Å². The van der Waals surface area contributed by atoms with Crippen LogP contribution in [0.1, 0.15) is 21.7 Å². The molecular formula is C21H22N2O5S. The van der Waals surface area contributed by atoms with Gasteiger partial charge in [0, 0.05) is 5.56 Å². The molecule has 0 aliphatic heterocycles. The van der Waals surface area contributed by atoms with Gasteiger partial charge in [0.15, 0.2) is 0 Å². The van der Waals surface area contributed by atoms with Crippen molar-refractivity contribution in [1.29, 1.82) is 0 Å². The Bertz CT molecular complexity index is 1070. The van der Waals surface area contributed by atoms with Gasteiger partial charge < -0.3 is 14.5 Å². The molecule has 0 amide bonds. The second kappa shape index (κ2) is 9.04. The Balaban J connectivity index is 1.50. The third-order valence-corrected chi connectivity index (χ3v) is 5.32. The summed E-state index contributed by atoms with van der Waals surface area (Å²) < 4.78 is 33.1. The number of ether oxygens (including phenoxy) is 1. The van der Waals surface area contributed by atoms with E-state index in [0.717, 1.165) is 29.1 Å². The molecule has 0 atom stereocenters. The normalized spacial score (nSPS) is 11.4. The Kier molecular flexibility index (Phi) is 6.48. The van der Waals surface area contributed by atoms with Crippen LogP contribution in [0.4, 0.5) is 0 Å². The molecule has 7 nitrogen and oxygen atoms in total. The summed E-state index contributed by atoms with van der Waals surface area (Å²) in [4.78, 5) is 11.6. The second-order valence-electron chi connectivity index (χ2n) is 6.45. The molecule has 29 heavy (non-hydrogen) atoms. The van der Waals surface area contributed by atoms with Crippen molar-refractivity contribution in [3.05, 3.63) is 77.6 Å². The quantitative estimate of drug-likeness (QED) is 0.433. The van der Waals surface area contributed by atoms with E-state index in [9.17, 15) is 13.2 Å². The highest BCUT2D eigenvalue weighted by Gasteiger charge is 2.09. The van der Waals surface area contributed by atoms with E-state index in [1.807, 2.05) is 24.3 Å². The highest BCUT2D eigenvalue weighted by molar-refractivity contribution is 7.89. The molecule has 3 N–H and O–H groups in total. The van der Waals surface area contributed by atoms with Crippen LogP contribution in [0.3, 0.4) is 0 Å². The maximum Gasteiger partial charge on any atom is 0.337 e. The van der Waals surface area contributed by atoms with Crippen molar-refractivity contribution in [2.75, 3.05) is 13.7 Å². The largest absolute Gasteiger partial charge is 0.465 e. The van der Waals surface area contributed by atoms with Gasteiger partial charge in [0.25, 0.3) is 0 Å². The van der Waals surface area contributed by atoms with Crippen LogP contribution >= 0.6 is 0 Å². The first-order valence-corrected chi connectivity index (χ1v) is 10.5. The lowest BCUT2D eigenvalue weighted by Crippen LogP contribution is -2.16. The van der Waals surface area contributed by atoms with Crippen molar-refractivity contribution in [2.24, 2.45) is 5.14 Å². The van der Waals surface area contributed by atoms with Crippen molar-refractivity contribution in [2.45, 2.75) is 17.9 Å². The lowest BCUT2D eigenvalue weighted by atomic mass is 10.1. The number of nitrogens with one attached hydrogen (secondary N) is 1. The standard InChI is InChI=1S/C21H22N2O5S/c1-27-21(24)17-6-4-16(5-7-17)20-11-8-18(28-20)14-23-13-12-15-2-9-19(10-3-15)29(22,25)26/h2-11,23H,12-14H2,1H3,(H2,22,25,26). The number of methoxy groups -OCH3 is 1. The van der Waals surface area contributed by atoms with E-state index in [-0.39, 0.29) is 10.9 Å². The fourth-order valence-corrected chi connectivity index (χ4v) is 3.32. The molecule has 0 aliphatic rings. The molecule has 0 radical (unpaired) electrons. The smallest absolute Gasteiger partial charge is 0.337 e. The summed E-state index contributed by atoms with van der Waals surface area (Å²) in [6.45, 7) is 1.27. The molecule has 1 aromatic heterocycles. The molecule has 8 heteroatoms. The van der Waals surface area contributed by atoms with Crippen molar-refractivity contribution in [1.82, 2.24) is 5.32 Å². The molecule has 3 aromatic rings. The predicted molar refractivity (Wildman–Crippen MR) is 109 cm³/mol. The number of sulfonamides is 1. The summed E-state index contributed by atoms with van der Waals surface area (Å²) in [5, 5.41) is 8.39. The van der Waals surface area contributed by atoms with Crippen LogP contribution in [-0.4, -0.2) is 28.0 Å². The van der Waals surface area contributed by atoms with Gasteiger partial charge in [-0.15, -0.1) is 0 Å². The summed E-state index contributed by atoms with van der Waals surface area (Å²) in [6, 6.07) is 17.3. The monoisotopic (exact) mass is 414 g/mol. The van der Waals surface area contributed by atoms with Gasteiger partial charge in [-0.1, -0.05) is 24.3 Å². The van der Waals surface area contributed by atoms with Crippen LogP contribution in [0, 0.1) is 0 Å². The number of carbonyl (C=O) groups excluding carboxylic acids is 1. The lowest BCUT2D eigenvalue weighted by Gasteiger charge is -2.05. The number of benzene rings is 2. The average Bonchev–Trinajstić information content (AvgIpc) is 3.19. The first-order valence-electron chi connectivity index (χ1n) is 8.97. The van der Waals surface area contributed by atoms with Crippen LogP contribution in [0.2, 0.25) is 0 Å². The van der Waals surface area contributed by atoms with Gasteiger partial charge >= 0.3 is 5.97 Å². The maximum atomic E-state index is 11.5. The van der Waals surface area contributed by atoms with Crippen molar-refractivity contribution >= 4 is 16.0 Å². The fourth-order valence-electron chi connectivity index (χ4n) is 2.81. The average molecular weight is 414 g/mol. The molecule has 0 unspecified atom stereocenters. The van der Waals surface area contributed by atoms with E-state index in [1.165, 1.54) is 19.2 Å². The predicted octanol–water partition coefficient (Wildman–Crippen LogP) is 2.71. The molecule has 0 fully saturated rings. The second-order valence-corrected chi connectivity index (χ2v) is 8.01. The number of primary sulfonamides is 1. The van der Waals surface area contributed by atoms with Gasteiger partial charge in [0.05, 0.1) is 24.1 Å². The third kappa shape index (κ3) is 5.54. The molecule has 0 bridgehead atoms. The first-order chi connectivity index (χ1) is 13.9.